The van der Waals surface area contributed by atoms with Gasteiger partial charge in [0.2, 0.25) is 0 Å². The molecule has 1 heterocycles. The Morgan fingerprint density at radius 3 is 2.81 bits per heavy atom. The number of methoxy groups -OCH3 is 1. The SMILES string of the molecule is COc1ccccc1C(=O)Cn1ccc2ccc(F)cc21. The summed E-state index contributed by atoms with van der Waals surface area (Å²) in [6.45, 7) is 0.146. The predicted octanol–water partition coefficient (Wildman–Crippen LogP) is 3.67. The minimum atomic E-state index is -0.313. The van der Waals surface area contributed by atoms with E-state index < -0.39 is 0 Å². The van der Waals surface area contributed by atoms with Gasteiger partial charge in [0.25, 0.3) is 0 Å². The monoisotopic (exact) mass is 283 g/mol. The molecule has 3 nitrogen and oxygen atoms in total. The molecule has 4 heteroatoms. The van der Waals surface area contributed by atoms with E-state index >= 15 is 0 Å². The fourth-order valence-electron chi connectivity index (χ4n) is 2.41. The van der Waals surface area contributed by atoms with E-state index in [2.05, 4.69) is 0 Å². The zero-order chi connectivity index (χ0) is 14.8. The lowest BCUT2D eigenvalue weighted by molar-refractivity contribution is 0.0970. The van der Waals surface area contributed by atoms with Gasteiger partial charge in [-0.05, 0) is 41.8 Å². The number of ether oxygens (including phenoxy) is 1. The highest BCUT2D eigenvalue weighted by Crippen LogP contribution is 2.21. The van der Waals surface area contributed by atoms with Crippen LogP contribution in [-0.2, 0) is 6.54 Å². The van der Waals surface area contributed by atoms with Gasteiger partial charge in [0, 0.05) is 6.20 Å². The van der Waals surface area contributed by atoms with Crippen LogP contribution in [0.2, 0.25) is 0 Å². The van der Waals surface area contributed by atoms with Gasteiger partial charge in [0.05, 0.1) is 24.7 Å². The van der Waals surface area contributed by atoms with Crippen LogP contribution in [-0.4, -0.2) is 17.5 Å². The molecule has 0 bridgehead atoms. The van der Waals surface area contributed by atoms with Crippen molar-refractivity contribution >= 4 is 16.7 Å². The number of aromatic nitrogens is 1. The third-order valence-electron chi connectivity index (χ3n) is 3.46. The normalized spacial score (nSPS) is 10.8. The predicted molar refractivity (Wildman–Crippen MR) is 79.2 cm³/mol. The molecule has 0 aliphatic rings. The number of ketones is 1. The van der Waals surface area contributed by atoms with E-state index in [0.717, 1.165) is 5.39 Å². The number of halogens is 1. The summed E-state index contributed by atoms with van der Waals surface area (Å²) >= 11 is 0. The molecule has 0 unspecified atom stereocenters. The Bertz CT molecular complexity index is 807. The van der Waals surface area contributed by atoms with Crippen molar-refractivity contribution in [2.45, 2.75) is 6.54 Å². The van der Waals surface area contributed by atoms with Gasteiger partial charge in [-0.25, -0.2) is 4.39 Å². The van der Waals surface area contributed by atoms with Gasteiger partial charge in [0.1, 0.15) is 11.6 Å². The van der Waals surface area contributed by atoms with Gasteiger partial charge in [-0.15, -0.1) is 0 Å². The Morgan fingerprint density at radius 1 is 1.19 bits per heavy atom. The molecule has 0 spiro atoms. The molecule has 0 atom stereocenters. The molecule has 0 aliphatic heterocycles. The van der Waals surface area contributed by atoms with Gasteiger partial charge >= 0.3 is 0 Å². The van der Waals surface area contributed by atoms with Gasteiger partial charge in [0.15, 0.2) is 5.78 Å². The zero-order valence-electron chi connectivity index (χ0n) is 11.5. The van der Waals surface area contributed by atoms with Crippen molar-refractivity contribution in [1.82, 2.24) is 4.57 Å². The highest BCUT2D eigenvalue weighted by Gasteiger charge is 2.13. The number of nitrogens with zero attached hydrogens (tertiary/aromatic N) is 1. The average molecular weight is 283 g/mol. The van der Waals surface area contributed by atoms with E-state index in [4.69, 9.17) is 4.74 Å². The molecule has 0 radical (unpaired) electrons. The lowest BCUT2D eigenvalue weighted by atomic mass is 10.1. The first-order valence-corrected chi connectivity index (χ1v) is 6.59. The lowest BCUT2D eigenvalue weighted by Gasteiger charge is -2.09. The third kappa shape index (κ3) is 2.52. The maximum Gasteiger partial charge on any atom is 0.186 e. The molecule has 106 valence electrons. The second kappa shape index (κ2) is 5.40. The molecule has 0 saturated carbocycles. The number of fused-ring (bicyclic) bond motifs is 1. The van der Waals surface area contributed by atoms with Gasteiger partial charge in [-0.2, -0.15) is 0 Å². The van der Waals surface area contributed by atoms with E-state index in [1.165, 1.54) is 19.2 Å². The van der Waals surface area contributed by atoms with Crippen molar-refractivity contribution in [1.29, 1.82) is 0 Å². The molecule has 0 saturated heterocycles. The number of benzene rings is 2. The van der Waals surface area contributed by atoms with Crippen LogP contribution in [0.5, 0.6) is 5.75 Å². The van der Waals surface area contributed by atoms with Crippen LogP contribution in [0.1, 0.15) is 10.4 Å². The number of hydrogen-bond donors (Lipinski definition) is 0. The maximum absolute atomic E-state index is 13.4. The molecule has 0 amide bonds. The molecular weight excluding hydrogens is 269 g/mol. The number of carbonyl (C=O) groups excluding carboxylic acids is 1. The minimum Gasteiger partial charge on any atom is -0.496 e. The Kier molecular flexibility index (Phi) is 3.44. The fraction of sp³-hybridized carbons (Fsp3) is 0.118. The van der Waals surface area contributed by atoms with Crippen molar-refractivity contribution in [3.05, 3.63) is 66.1 Å². The molecule has 3 rings (SSSR count). The van der Waals surface area contributed by atoms with Gasteiger partial charge in [-0.1, -0.05) is 12.1 Å². The number of para-hydroxylation sites is 1. The van der Waals surface area contributed by atoms with E-state index in [1.54, 1.807) is 35.0 Å². The van der Waals surface area contributed by atoms with Crippen molar-refractivity contribution in [3.63, 3.8) is 0 Å². The van der Waals surface area contributed by atoms with Crippen LogP contribution >= 0.6 is 0 Å². The van der Waals surface area contributed by atoms with Crippen LogP contribution in [0.3, 0.4) is 0 Å². The summed E-state index contributed by atoms with van der Waals surface area (Å²) in [4.78, 5) is 12.4. The smallest absolute Gasteiger partial charge is 0.186 e. The Balaban J connectivity index is 1.95. The second-order valence-electron chi connectivity index (χ2n) is 4.77. The lowest BCUT2D eigenvalue weighted by Crippen LogP contribution is -2.10. The van der Waals surface area contributed by atoms with Gasteiger partial charge in [-0.3, -0.25) is 4.79 Å². The molecule has 1 aromatic heterocycles. The molecular formula is C17H14FNO2. The molecule has 2 aromatic carbocycles. The zero-order valence-corrected chi connectivity index (χ0v) is 11.5. The number of Topliss-reactive ketones (excluding diaryl/α,β-unsaturated/α-hetero) is 1. The van der Waals surface area contributed by atoms with E-state index in [9.17, 15) is 9.18 Å². The highest BCUT2D eigenvalue weighted by molar-refractivity contribution is 5.99. The molecule has 0 fully saturated rings. The number of carbonyl (C=O) groups is 1. The van der Waals surface area contributed by atoms with Crippen LogP contribution in [0.4, 0.5) is 4.39 Å². The molecule has 0 aliphatic carbocycles. The quantitative estimate of drug-likeness (QED) is 0.684. The summed E-state index contributed by atoms with van der Waals surface area (Å²) in [5.41, 5.74) is 1.23. The first-order chi connectivity index (χ1) is 10.2. The number of rotatable bonds is 4. The van der Waals surface area contributed by atoms with Crippen molar-refractivity contribution < 1.29 is 13.9 Å². The van der Waals surface area contributed by atoms with E-state index in [0.29, 0.717) is 16.8 Å². The van der Waals surface area contributed by atoms with Crippen LogP contribution in [0.25, 0.3) is 10.9 Å². The molecule has 3 aromatic rings. The molecule has 0 N–H and O–H groups in total. The highest BCUT2D eigenvalue weighted by atomic mass is 19.1. The average Bonchev–Trinajstić information content (AvgIpc) is 2.89. The number of hydrogen-bond acceptors (Lipinski definition) is 2. The summed E-state index contributed by atoms with van der Waals surface area (Å²) in [7, 11) is 1.53. The largest absolute Gasteiger partial charge is 0.496 e. The first-order valence-electron chi connectivity index (χ1n) is 6.59. The summed E-state index contributed by atoms with van der Waals surface area (Å²) < 4.78 is 20.3. The summed E-state index contributed by atoms with van der Waals surface area (Å²) in [5.74, 6) is 0.159. The van der Waals surface area contributed by atoms with Crippen LogP contribution in [0, 0.1) is 5.82 Å². The van der Waals surface area contributed by atoms with Crippen molar-refractivity contribution in [3.8, 4) is 5.75 Å². The van der Waals surface area contributed by atoms with Crippen molar-refractivity contribution in [2.75, 3.05) is 7.11 Å². The summed E-state index contributed by atoms with van der Waals surface area (Å²) in [6.07, 6.45) is 1.79. The standard InChI is InChI=1S/C17H14FNO2/c1-21-17-5-3-2-4-14(17)16(20)11-19-9-8-12-6-7-13(18)10-15(12)19/h2-10H,11H2,1H3. The van der Waals surface area contributed by atoms with Crippen LogP contribution in [0.15, 0.2) is 54.7 Å². The maximum atomic E-state index is 13.4. The first kappa shape index (κ1) is 13.4. The topological polar surface area (TPSA) is 31.2 Å². The Labute approximate surface area is 121 Å². The Hall–Kier alpha value is -2.62. The van der Waals surface area contributed by atoms with Crippen molar-refractivity contribution in [2.24, 2.45) is 0 Å². The fourth-order valence-corrected chi connectivity index (χ4v) is 2.41. The molecule has 21 heavy (non-hydrogen) atoms. The minimum absolute atomic E-state index is 0.0748. The van der Waals surface area contributed by atoms with Crippen LogP contribution < -0.4 is 4.74 Å². The van der Waals surface area contributed by atoms with E-state index in [1.807, 2.05) is 12.1 Å². The second-order valence-corrected chi connectivity index (χ2v) is 4.77. The van der Waals surface area contributed by atoms with E-state index in [-0.39, 0.29) is 18.1 Å². The summed E-state index contributed by atoms with van der Waals surface area (Å²) in [6, 6.07) is 13.5. The third-order valence-corrected chi connectivity index (χ3v) is 3.46. The Morgan fingerprint density at radius 2 is 2.00 bits per heavy atom. The summed E-state index contributed by atoms with van der Waals surface area (Å²) in [5, 5.41) is 0.907. The van der Waals surface area contributed by atoms with Gasteiger partial charge < -0.3 is 9.30 Å².